The maximum absolute atomic E-state index is 12.5. The Morgan fingerprint density at radius 3 is 1.93 bits per heavy atom. The third-order valence-electron chi connectivity index (χ3n) is 5.46. The molecule has 8 heteroatoms. The van der Waals surface area contributed by atoms with Crippen molar-refractivity contribution in [3.63, 3.8) is 0 Å². The Hall–Kier alpha value is -0.153. The van der Waals surface area contributed by atoms with E-state index in [4.69, 9.17) is 0 Å². The van der Waals surface area contributed by atoms with Crippen LogP contribution in [0.2, 0.25) is 18.1 Å². The number of aliphatic hydroxyl groups excluding tert-OH is 1. The lowest BCUT2D eigenvalue weighted by Crippen LogP contribution is -2.61. The van der Waals surface area contributed by atoms with E-state index in [1.807, 2.05) is 27.7 Å². The quantitative estimate of drug-likeness (QED) is 0.605. The SMILES string of the molecule is CC1(CO)CC(N[S@@](=O)C(C)(C)C)(c2ncc(Br)cn2)C1.C[SiH](C)C(C)(C)C. The lowest BCUT2D eigenvalue weighted by atomic mass is 9.58. The summed E-state index contributed by atoms with van der Waals surface area (Å²) >= 11 is 3.33. The van der Waals surface area contributed by atoms with E-state index in [2.05, 4.69) is 64.5 Å². The fourth-order valence-electron chi connectivity index (χ4n) is 2.68. The molecule has 0 saturated heterocycles. The number of hydrogen-bond donors (Lipinski definition) is 2. The minimum atomic E-state index is -1.22. The number of hydrogen-bond acceptors (Lipinski definition) is 4. The monoisotopic (exact) mass is 491 g/mol. The van der Waals surface area contributed by atoms with Crippen LogP contribution < -0.4 is 4.72 Å². The van der Waals surface area contributed by atoms with Gasteiger partial charge in [-0.2, -0.15) is 0 Å². The largest absolute Gasteiger partial charge is 0.396 e. The molecule has 1 aromatic heterocycles. The summed E-state index contributed by atoms with van der Waals surface area (Å²) in [5, 5.41) is 10.1. The Morgan fingerprint density at radius 1 is 1.18 bits per heavy atom. The predicted octanol–water partition coefficient (Wildman–Crippen LogP) is 4.55. The van der Waals surface area contributed by atoms with Crippen LogP contribution in [0.5, 0.6) is 0 Å². The molecule has 162 valence electrons. The maximum atomic E-state index is 12.5. The average Bonchev–Trinajstić information content (AvgIpc) is 2.52. The number of nitrogens with zero attached hydrogens (tertiary/aromatic N) is 2. The second-order valence-corrected chi connectivity index (χ2v) is 17.6. The van der Waals surface area contributed by atoms with E-state index < -0.39 is 16.5 Å². The van der Waals surface area contributed by atoms with Crippen LogP contribution in [-0.4, -0.2) is 39.4 Å². The first kappa shape index (κ1) is 25.9. The smallest absolute Gasteiger partial charge is 0.149 e. The molecule has 1 aliphatic rings. The molecule has 2 N–H and O–H groups in total. The normalized spacial score (nSPS) is 26.3. The predicted molar refractivity (Wildman–Crippen MR) is 125 cm³/mol. The third kappa shape index (κ3) is 6.97. The van der Waals surface area contributed by atoms with Gasteiger partial charge in [0.05, 0.1) is 25.7 Å². The number of halogens is 1. The Kier molecular flexibility index (Phi) is 8.62. The molecular weight excluding hydrogens is 454 g/mol. The van der Waals surface area contributed by atoms with Gasteiger partial charge in [-0.25, -0.2) is 18.9 Å². The highest BCUT2D eigenvalue weighted by atomic mass is 79.9. The molecule has 0 aliphatic heterocycles. The van der Waals surface area contributed by atoms with Crippen molar-refractivity contribution in [1.82, 2.24) is 14.7 Å². The number of nitrogens with one attached hydrogen (secondary N) is 1. The van der Waals surface area contributed by atoms with Gasteiger partial charge in [0.25, 0.3) is 0 Å². The number of rotatable bonds is 4. The van der Waals surface area contributed by atoms with Crippen molar-refractivity contribution in [2.24, 2.45) is 5.41 Å². The lowest BCUT2D eigenvalue weighted by Gasteiger charge is -2.53. The van der Waals surface area contributed by atoms with E-state index in [0.717, 1.165) is 4.47 Å². The fourth-order valence-corrected chi connectivity index (χ4v) is 3.78. The van der Waals surface area contributed by atoms with Crippen molar-refractivity contribution >= 4 is 35.7 Å². The van der Waals surface area contributed by atoms with Gasteiger partial charge in [0, 0.05) is 27.8 Å². The van der Waals surface area contributed by atoms with E-state index in [9.17, 15) is 9.32 Å². The van der Waals surface area contributed by atoms with Gasteiger partial charge >= 0.3 is 0 Å². The van der Waals surface area contributed by atoms with Gasteiger partial charge in [0.15, 0.2) is 0 Å². The van der Waals surface area contributed by atoms with Crippen LogP contribution in [0, 0.1) is 5.41 Å². The first-order valence-corrected chi connectivity index (χ1v) is 14.7. The summed E-state index contributed by atoms with van der Waals surface area (Å²) in [5.41, 5.74) is -0.707. The highest BCUT2D eigenvalue weighted by Gasteiger charge is 2.55. The molecule has 1 fully saturated rings. The molecular formula is C20H38BrN3O2SSi. The molecule has 1 aliphatic carbocycles. The lowest BCUT2D eigenvalue weighted by molar-refractivity contribution is -0.0234. The van der Waals surface area contributed by atoms with Crippen molar-refractivity contribution < 1.29 is 9.32 Å². The minimum absolute atomic E-state index is 0.106. The molecule has 0 spiro atoms. The Morgan fingerprint density at radius 2 is 1.61 bits per heavy atom. The summed E-state index contributed by atoms with van der Waals surface area (Å²) in [6.07, 6.45) is 4.72. The Labute approximate surface area is 183 Å². The van der Waals surface area contributed by atoms with E-state index in [-0.39, 0.29) is 25.6 Å². The number of aliphatic hydroxyl groups is 1. The third-order valence-corrected chi connectivity index (χ3v) is 11.0. The molecule has 0 bridgehead atoms. The van der Waals surface area contributed by atoms with Gasteiger partial charge in [-0.15, -0.1) is 0 Å². The van der Waals surface area contributed by atoms with Crippen molar-refractivity contribution in [2.45, 2.75) is 89.7 Å². The van der Waals surface area contributed by atoms with Gasteiger partial charge in [0.1, 0.15) is 5.82 Å². The van der Waals surface area contributed by atoms with Crippen molar-refractivity contribution in [3.8, 4) is 0 Å². The van der Waals surface area contributed by atoms with Crippen molar-refractivity contribution in [2.75, 3.05) is 6.61 Å². The van der Waals surface area contributed by atoms with Crippen LogP contribution in [-0.2, 0) is 16.5 Å². The summed E-state index contributed by atoms with van der Waals surface area (Å²) in [5.74, 6) is 0.634. The molecule has 0 radical (unpaired) electrons. The molecule has 1 aromatic rings. The van der Waals surface area contributed by atoms with Crippen LogP contribution in [0.1, 0.15) is 67.1 Å². The van der Waals surface area contributed by atoms with Crippen LogP contribution in [0.15, 0.2) is 16.9 Å². The van der Waals surface area contributed by atoms with E-state index in [1.165, 1.54) is 0 Å². The van der Waals surface area contributed by atoms with E-state index in [1.54, 1.807) is 12.4 Å². The minimum Gasteiger partial charge on any atom is -0.396 e. The Balaban J connectivity index is 0.000000480. The fraction of sp³-hybridized carbons (Fsp3) is 0.800. The zero-order chi connectivity index (χ0) is 22.0. The van der Waals surface area contributed by atoms with E-state index in [0.29, 0.717) is 23.7 Å². The maximum Gasteiger partial charge on any atom is 0.149 e. The molecule has 0 amide bonds. The van der Waals surface area contributed by atoms with Crippen LogP contribution >= 0.6 is 15.9 Å². The zero-order valence-electron chi connectivity index (χ0n) is 18.9. The number of aromatic nitrogens is 2. The van der Waals surface area contributed by atoms with Crippen LogP contribution in [0.3, 0.4) is 0 Å². The van der Waals surface area contributed by atoms with Crippen LogP contribution in [0.4, 0.5) is 0 Å². The second-order valence-electron chi connectivity index (χ2n) is 10.6. The van der Waals surface area contributed by atoms with Gasteiger partial charge < -0.3 is 5.11 Å². The van der Waals surface area contributed by atoms with Gasteiger partial charge in [-0.3, -0.25) is 0 Å². The second kappa shape index (κ2) is 9.33. The van der Waals surface area contributed by atoms with Gasteiger partial charge in [-0.1, -0.05) is 40.8 Å². The summed E-state index contributed by atoms with van der Waals surface area (Å²) in [4.78, 5) is 8.74. The van der Waals surface area contributed by atoms with Gasteiger partial charge in [0.2, 0.25) is 0 Å². The molecule has 1 heterocycles. The molecule has 0 aromatic carbocycles. The van der Waals surface area contributed by atoms with Crippen LogP contribution in [0.25, 0.3) is 0 Å². The van der Waals surface area contributed by atoms with Gasteiger partial charge in [-0.05, 0) is 60.0 Å². The molecule has 2 rings (SSSR count). The summed E-state index contributed by atoms with van der Waals surface area (Å²) in [7, 11) is -1.58. The summed E-state index contributed by atoms with van der Waals surface area (Å²) in [6, 6.07) is 0. The van der Waals surface area contributed by atoms with Crippen molar-refractivity contribution in [3.05, 3.63) is 22.7 Å². The first-order chi connectivity index (χ1) is 12.5. The molecule has 1 atom stereocenters. The highest BCUT2D eigenvalue weighted by molar-refractivity contribution is 9.10. The van der Waals surface area contributed by atoms with Crippen molar-refractivity contribution in [1.29, 1.82) is 0 Å². The molecule has 0 unspecified atom stereocenters. The highest BCUT2D eigenvalue weighted by Crippen LogP contribution is 2.53. The average molecular weight is 493 g/mol. The first-order valence-electron chi connectivity index (χ1n) is 9.83. The molecule has 5 nitrogen and oxygen atoms in total. The summed E-state index contributed by atoms with van der Waals surface area (Å²) in [6.45, 7) is 19.7. The standard InChI is InChI=1S/C14H22BrN3O2S.C6H16Si/c1-12(2,3)21(20)18-14(7-13(4,8-14)9-19)11-16-5-10(15)6-17-11;1-6(2,3)7(4)5/h5-6,18-19H,7-9H2,1-4H3;7H,1-5H3/t13?,14?,21-;/m0./s1. The topological polar surface area (TPSA) is 75.1 Å². The summed E-state index contributed by atoms with van der Waals surface area (Å²) < 4.78 is 16.1. The Bertz CT molecular complexity index is 664. The molecule has 1 saturated carbocycles. The zero-order valence-corrected chi connectivity index (χ0v) is 22.4. The molecule has 28 heavy (non-hydrogen) atoms. The van der Waals surface area contributed by atoms with E-state index >= 15 is 0 Å².